The molecule has 0 unspecified atom stereocenters. The number of hydrogen-bond acceptors (Lipinski definition) is 4. The van der Waals surface area contributed by atoms with Gasteiger partial charge in [0, 0.05) is 30.8 Å². The Morgan fingerprint density at radius 2 is 2.00 bits per heavy atom. The van der Waals surface area contributed by atoms with Crippen LogP contribution in [0.4, 0.5) is 5.69 Å². The molecule has 0 aliphatic heterocycles. The van der Waals surface area contributed by atoms with Gasteiger partial charge < -0.3 is 10.6 Å². The second-order valence-electron chi connectivity index (χ2n) is 5.64. The summed E-state index contributed by atoms with van der Waals surface area (Å²) in [6, 6.07) is 9.68. The van der Waals surface area contributed by atoms with Crippen molar-refractivity contribution in [1.82, 2.24) is 10.3 Å². The average Bonchev–Trinajstić information content (AvgIpc) is 2.55. The summed E-state index contributed by atoms with van der Waals surface area (Å²) >= 11 is 0. The second kappa shape index (κ2) is 7.93. The summed E-state index contributed by atoms with van der Waals surface area (Å²) in [5.41, 5.74) is 4.83. The minimum Gasteiger partial charge on any atom is -0.386 e. The third-order valence-electron chi connectivity index (χ3n) is 3.56. The third-order valence-corrected chi connectivity index (χ3v) is 3.56. The van der Waals surface area contributed by atoms with Gasteiger partial charge in [-0.15, -0.1) is 0 Å². The van der Waals surface area contributed by atoms with E-state index in [2.05, 4.69) is 15.6 Å². The number of aromatic nitrogens is 1. The summed E-state index contributed by atoms with van der Waals surface area (Å²) < 4.78 is 0. The quantitative estimate of drug-likeness (QED) is 0.655. The maximum atomic E-state index is 12.3. The number of nitrogens with one attached hydrogen (secondary N) is 2. The van der Waals surface area contributed by atoms with Crippen molar-refractivity contribution < 1.29 is 4.79 Å². The van der Waals surface area contributed by atoms with Gasteiger partial charge in [-0.25, -0.2) is 0 Å². The summed E-state index contributed by atoms with van der Waals surface area (Å²) in [7, 11) is 0. The van der Waals surface area contributed by atoms with Crippen molar-refractivity contribution in [1.29, 1.82) is 5.26 Å². The normalized spacial score (nSPS) is 10.8. The average molecular weight is 320 g/mol. The molecule has 2 rings (SSSR count). The van der Waals surface area contributed by atoms with Crippen LogP contribution in [-0.4, -0.2) is 10.9 Å². The molecule has 5 heteroatoms. The van der Waals surface area contributed by atoms with Crippen molar-refractivity contribution in [3.8, 4) is 6.07 Å². The fourth-order valence-electron chi connectivity index (χ4n) is 2.48. The fourth-order valence-corrected chi connectivity index (χ4v) is 2.48. The molecular formula is C19H20N4O. The highest BCUT2D eigenvalue weighted by Crippen LogP contribution is 2.22. The van der Waals surface area contributed by atoms with Gasteiger partial charge in [-0.05, 0) is 43.5 Å². The Bertz CT molecular complexity index is 781. The van der Waals surface area contributed by atoms with Gasteiger partial charge in [0.2, 0.25) is 0 Å². The van der Waals surface area contributed by atoms with Crippen LogP contribution in [0.3, 0.4) is 0 Å². The molecule has 0 aliphatic carbocycles. The van der Waals surface area contributed by atoms with E-state index in [0.717, 1.165) is 27.9 Å². The van der Waals surface area contributed by atoms with Gasteiger partial charge in [0.05, 0.1) is 0 Å². The maximum Gasteiger partial charge on any atom is 0.267 e. The zero-order valence-electron chi connectivity index (χ0n) is 14.1. The fraction of sp³-hybridized carbons (Fsp3) is 0.211. The first kappa shape index (κ1) is 17.2. The van der Waals surface area contributed by atoms with E-state index in [1.165, 1.54) is 6.20 Å². The van der Waals surface area contributed by atoms with Crippen LogP contribution >= 0.6 is 0 Å². The van der Waals surface area contributed by atoms with E-state index >= 15 is 0 Å². The molecule has 1 heterocycles. The lowest BCUT2D eigenvalue weighted by molar-refractivity contribution is -0.112. The van der Waals surface area contributed by atoms with Gasteiger partial charge in [-0.1, -0.05) is 23.8 Å². The van der Waals surface area contributed by atoms with Crippen molar-refractivity contribution in [2.45, 2.75) is 27.3 Å². The van der Waals surface area contributed by atoms with Crippen molar-refractivity contribution in [3.63, 3.8) is 0 Å². The van der Waals surface area contributed by atoms with E-state index in [1.807, 2.05) is 51.1 Å². The topological polar surface area (TPSA) is 77.8 Å². The van der Waals surface area contributed by atoms with Crippen molar-refractivity contribution in [3.05, 3.63) is 70.7 Å². The van der Waals surface area contributed by atoms with Gasteiger partial charge in [0.25, 0.3) is 5.91 Å². The Morgan fingerprint density at radius 1 is 1.29 bits per heavy atom. The number of anilines is 1. The molecular weight excluding hydrogens is 300 g/mol. The minimum atomic E-state index is -0.425. The number of nitriles is 1. The lowest BCUT2D eigenvalue weighted by Gasteiger charge is -2.12. The summed E-state index contributed by atoms with van der Waals surface area (Å²) in [6.07, 6.45) is 4.85. The molecule has 1 aromatic carbocycles. The van der Waals surface area contributed by atoms with Crippen LogP contribution in [-0.2, 0) is 11.3 Å². The molecule has 0 atom stereocenters. The summed E-state index contributed by atoms with van der Waals surface area (Å²) in [6.45, 7) is 6.38. The number of carbonyl (C=O) groups is 1. The SMILES string of the molecule is Cc1cc(C)c(NC(=O)/C(C#N)=C\NCc2cccnc2)c(C)c1. The molecule has 0 fully saturated rings. The molecule has 0 saturated carbocycles. The van der Waals surface area contributed by atoms with E-state index in [1.54, 1.807) is 12.4 Å². The molecule has 122 valence electrons. The zero-order chi connectivity index (χ0) is 17.5. The lowest BCUT2D eigenvalue weighted by Crippen LogP contribution is -2.18. The highest BCUT2D eigenvalue weighted by molar-refractivity contribution is 6.07. The van der Waals surface area contributed by atoms with E-state index < -0.39 is 5.91 Å². The molecule has 2 aromatic rings. The molecule has 24 heavy (non-hydrogen) atoms. The molecule has 0 aliphatic rings. The Hall–Kier alpha value is -3.13. The van der Waals surface area contributed by atoms with Crippen LogP contribution in [0, 0.1) is 32.1 Å². The van der Waals surface area contributed by atoms with E-state index in [4.69, 9.17) is 0 Å². The van der Waals surface area contributed by atoms with Crippen LogP contribution in [0.1, 0.15) is 22.3 Å². The van der Waals surface area contributed by atoms with Crippen LogP contribution < -0.4 is 10.6 Å². The number of amides is 1. The van der Waals surface area contributed by atoms with Crippen LogP contribution in [0.5, 0.6) is 0 Å². The van der Waals surface area contributed by atoms with Gasteiger partial charge in [-0.2, -0.15) is 5.26 Å². The molecule has 2 N–H and O–H groups in total. The first-order valence-corrected chi connectivity index (χ1v) is 7.63. The summed E-state index contributed by atoms with van der Waals surface area (Å²) in [4.78, 5) is 16.3. The number of hydrogen-bond donors (Lipinski definition) is 2. The molecule has 0 bridgehead atoms. The van der Waals surface area contributed by atoms with Gasteiger partial charge in [-0.3, -0.25) is 9.78 Å². The van der Waals surface area contributed by atoms with E-state index in [9.17, 15) is 10.1 Å². The number of benzene rings is 1. The number of nitrogens with zero attached hydrogens (tertiary/aromatic N) is 2. The van der Waals surface area contributed by atoms with Gasteiger partial charge in [0.15, 0.2) is 0 Å². The zero-order valence-corrected chi connectivity index (χ0v) is 14.1. The maximum absolute atomic E-state index is 12.3. The lowest BCUT2D eigenvalue weighted by atomic mass is 10.0. The number of carbonyl (C=O) groups excluding carboxylic acids is 1. The van der Waals surface area contributed by atoms with Crippen molar-refractivity contribution in [2.24, 2.45) is 0 Å². The first-order valence-electron chi connectivity index (χ1n) is 7.63. The first-order chi connectivity index (χ1) is 11.5. The van der Waals surface area contributed by atoms with E-state index in [0.29, 0.717) is 6.54 Å². The monoisotopic (exact) mass is 320 g/mol. The Kier molecular flexibility index (Phi) is 5.69. The molecule has 1 amide bonds. The van der Waals surface area contributed by atoms with E-state index in [-0.39, 0.29) is 5.57 Å². The standard InChI is InChI=1S/C19H20N4O/c1-13-7-14(2)18(15(3)8-13)23-19(24)17(9-20)12-22-11-16-5-4-6-21-10-16/h4-8,10,12,22H,11H2,1-3H3,(H,23,24)/b17-12-. The molecule has 5 nitrogen and oxygen atoms in total. The smallest absolute Gasteiger partial charge is 0.267 e. The molecule has 0 radical (unpaired) electrons. The highest BCUT2D eigenvalue weighted by Gasteiger charge is 2.12. The van der Waals surface area contributed by atoms with Crippen molar-refractivity contribution >= 4 is 11.6 Å². The minimum absolute atomic E-state index is 0.0262. The number of aryl methyl sites for hydroxylation is 3. The van der Waals surface area contributed by atoms with Crippen molar-refractivity contribution in [2.75, 3.05) is 5.32 Å². The van der Waals surface area contributed by atoms with Crippen LogP contribution in [0.2, 0.25) is 0 Å². The summed E-state index contributed by atoms with van der Waals surface area (Å²) in [5, 5.41) is 15.0. The predicted octanol–water partition coefficient (Wildman–Crippen LogP) is 3.14. The molecule has 1 aromatic heterocycles. The predicted molar refractivity (Wildman–Crippen MR) is 94.1 cm³/mol. The second-order valence-corrected chi connectivity index (χ2v) is 5.64. The third kappa shape index (κ3) is 4.43. The largest absolute Gasteiger partial charge is 0.386 e. The van der Waals surface area contributed by atoms with Gasteiger partial charge >= 0.3 is 0 Å². The Morgan fingerprint density at radius 3 is 2.58 bits per heavy atom. The van der Waals surface area contributed by atoms with Crippen LogP contribution in [0.15, 0.2) is 48.4 Å². The Balaban J connectivity index is 2.07. The Labute approximate surface area is 142 Å². The number of rotatable bonds is 5. The summed E-state index contributed by atoms with van der Waals surface area (Å²) in [5.74, 6) is -0.425. The van der Waals surface area contributed by atoms with Gasteiger partial charge in [0.1, 0.15) is 11.6 Å². The molecule has 0 spiro atoms. The highest BCUT2D eigenvalue weighted by atomic mass is 16.1. The molecule has 0 saturated heterocycles. The number of pyridine rings is 1. The van der Waals surface area contributed by atoms with Crippen LogP contribution in [0.25, 0.3) is 0 Å².